The van der Waals surface area contributed by atoms with Crippen LogP contribution < -0.4 is 16.4 Å². The average Bonchev–Trinajstić information content (AvgIpc) is 3.02. The number of nitrogens with one attached hydrogen (secondary N) is 2. The Morgan fingerprint density at radius 1 is 1.19 bits per heavy atom. The molecule has 1 aromatic carbocycles. The number of halogens is 1. The van der Waals surface area contributed by atoms with Gasteiger partial charge in [-0.3, -0.25) is 14.5 Å². The number of carbonyl (C=O) groups excluding carboxylic acids is 3. The summed E-state index contributed by atoms with van der Waals surface area (Å²) in [6, 6.07) is 4.93. The molecular weight excluding hydrogens is 469 g/mol. The first-order valence-corrected chi connectivity index (χ1v) is 11.8. The third kappa shape index (κ3) is 5.52. The molecule has 4 N–H and O–H groups in total. The molecule has 36 heavy (non-hydrogen) atoms. The van der Waals surface area contributed by atoms with Gasteiger partial charge in [-0.05, 0) is 61.3 Å². The number of amides is 3. The first-order valence-electron chi connectivity index (χ1n) is 11.8. The molecule has 12 heteroatoms. The van der Waals surface area contributed by atoms with Gasteiger partial charge in [-0.2, -0.15) is 15.0 Å². The second kappa shape index (κ2) is 9.67. The molecule has 0 unspecified atom stereocenters. The van der Waals surface area contributed by atoms with Crippen molar-refractivity contribution in [3.63, 3.8) is 0 Å². The van der Waals surface area contributed by atoms with Gasteiger partial charge >= 0.3 is 12.0 Å². The van der Waals surface area contributed by atoms with E-state index in [1.165, 1.54) is 24.3 Å². The second-order valence-corrected chi connectivity index (χ2v) is 10.3. The molecule has 0 bridgehead atoms. The fraction of sp³-hybridized carbons (Fsp3) is 0.500. The zero-order valence-electron chi connectivity index (χ0n) is 20.5. The third-order valence-corrected chi connectivity index (χ3v) is 6.76. The summed E-state index contributed by atoms with van der Waals surface area (Å²) in [6.45, 7) is 5.67. The van der Waals surface area contributed by atoms with Crippen molar-refractivity contribution in [1.29, 1.82) is 0 Å². The molecule has 11 nitrogen and oxygen atoms in total. The van der Waals surface area contributed by atoms with E-state index in [-0.39, 0.29) is 29.7 Å². The summed E-state index contributed by atoms with van der Waals surface area (Å²) in [5, 5.41) is 5.67. The molecule has 1 saturated heterocycles. The van der Waals surface area contributed by atoms with Crippen LogP contribution in [0.2, 0.25) is 0 Å². The number of benzene rings is 1. The highest BCUT2D eigenvalue weighted by Gasteiger charge is 2.53. The first kappa shape index (κ1) is 25.3. The number of rotatable bonds is 6. The van der Waals surface area contributed by atoms with Crippen LogP contribution in [0.1, 0.15) is 52.3 Å². The van der Waals surface area contributed by atoms with Crippen molar-refractivity contribution in [2.75, 3.05) is 17.6 Å². The lowest BCUT2D eigenvalue weighted by molar-refractivity contribution is -0.149. The molecule has 2 heterocycles. The van der Waals surface area contributed by atoms with Crippen LogP contribution >= 0.6 is 0 Å². The SMILES string of the molecule is CC(C)(C)C1CCC2(CC1)NC(=O)N(CC(=O)OCc1nc(N)nc(Nc3ccc(F)cc3)n1)C2=O. The average molecular weight is 500 g/mol. The summed E-state index contributed by atoms with van der Waals surface area (Å²) in [7, 11) is 0. The number of nitrogen functional groups attached to an aromatic ring is 1. The summed E-state index contributed by atoms with van der Waals surface area (Å²) in [6.07, 6.45) is 2.73. The van der Waals surface area contributed by atoms with E-state index in [4.69, 9.17) is 10.5 Å². The van der Waals surface area contributed by atoms with Crippen LogP contribution in [0.3, 0.4) is 0 Å². The third-order valence-electron chi connectivity index (χ3n) is 6.76. The topological polar surface area (TPSA) is 152 Å². The van der Waals surface area contributed by atoms with Crippen LogP contribution in [0.4, 0.5) is 26.8 Å². The number of carbonyl (C=O) groups is 3. The molecule has 0 atom stereocenters. The van der Waals surface area contributed by atoms with Gasteiger partial charge in [-0.15, -0.1) is 0 Å². The molecule has 1 saturated carbocycles. The zero-order chi connectivity index (χ0) is 26.1. The number of imide groups is 1. The predicted molar refractivity (Wildman–Crippen MR) is 128 cm³/mol. The van der Waals surface area contributed by atoms with Crippen molar-refractivity contribution in [1.82, 2.24) is 25.2 Å². The molecule has 2 aromatic rings. The van der Waals surface area contributed by atoms with Gasteiger partial charge in [0.2, 0.25) is 11.9 Å². The maximum Gasteiger partial charge on any atom is 0.326 e. The fourth-order valence-corrected chi connectivity index (χ4v) is 4.68. The minimum atomic E-state index is -0.956. The van der Waals surface area contributed by atoms with Gasteiger partial charge in [0.25, 0.3) is 5.91 Å². The van der Waals surface area contributed by atoms with E-state index in [0.717, 1.165) is 17.7 Å². The van der Waals surface area contributed by atoms with Gasteiger partial charge < -0.3 is 21.1 Å². The second-order valence-electron chi connectivity index (χ2n) is 10.3. The van der Waals surface area contributed by atoms with Gasteiger partial charge in [0, 0.05) is 5.69 Å². The highest BCUT2D eigenvalue weighted by Crippen LogP contribution is 2.43. The van der Waals surface area contributed by atoms with Gasteiger partial charge in [-0.25, -0.2) is 9.18 Å². The number of esters is 1. The normalized spacial score (nSPS) is 22.0. The molecule has 1 aliphatic heterocycles. The number of urea groups is 1. The number of anilines is 3. The lowest BCUT2D eigenvalue weighted by Gasteiger charge is -2.40. The van der Waals surface area contributed by atoms with Crippen LogP contribution in [0.25, 0.3) is 0 Å². The van der Waals surface area contributed by atoms with Gasteiger partial charge in [0.15, 0.2) is 12.4 Å². The molecule has 1 spiro atoms. The smallest absolute Gasteiger partial charge is 0.326 e. The van der Waals surface area contributed by atoms with Crippen molar-refractivity contribution in [3.8, 4) is 0 Å². The monoisotopic (exact) mass is 499 g/mol. The van der Waals surface area contributed by atoms with Gasteiger partial charge in [0.05, 0.1) is 0 Å². The molecule has 2 fully saturated rings. The molecule has 192 valence electrons. The van der Waals surface area contributed by atoms with E-state index in [1.807, 2.05) is 0 Å². The van der Waals surface area contributed by atoms with Crippen LogP contribution in [-0.2, 0) is 20.9 Å². The Kier molecular flexibility index (Phi) is 6.79. The minimum Gasteiger partial charge on any atom is -0.456 e. The van der Waals surface area contributed by atoms with Crippen molar-refractivity contribution >= 4 is 35.5 Å². The van der Waals surface area contributed by atoms with E-state index in [1.54, 1.807) is 0 Å². The maximum atomic E-state index is 13.1. The quantitative estimate of drug-likeness (QED) is 0.402. The van der Waals surface area contributed by atoms with Crippen molar-refractivity contribution in [2.45, 2.75) is 58.6 Å². The van der Waals surface area contributed by atoms with Crippen LogP contribution in [-0.4, -0.2) is 49.8 Å². The number of nitrogens with zero attached hydrogens (tertiary/aromatic N) is 4. The number of nitrogens with two attached hydrogens (primary N) is 1. The zero-order valence-corrected chi connectivity index (χ0v) is 20.5. The van der Waals surface area contributed by atoms with E-state index in [2.05, 4.69) is 46.4 Å². The van der Waals surface area contributed by atoms with E-state index in [9.17, 15) is 18.8 Å². The number of hydrogen-bond donors (Lipinski definition) is 3. The Morgan fingerprint density at radius 2 is 1.86 bits per heavy atom. The Morgan fingerprint density at radius 3 is 2.50 bits per heavy atom. The Hall–Kier alpha value is -3.83. The highest BCUT2D eigenvalue weighted by molar-refractivity contribution is 6.08. The fourth-order valence-electron chi connectivity index (χ4n) is 4.68. The van der Waals surface area contributed by atoms with Crippen molar-refractivity contribution < 1.29 is 23.5 Å². The Bertz CT molecular complexity index is 1160. The standard InChI is InChI=1S/C24H30FN7O4/c1-23(2,3)14-8-10-24(11-9-14)19(34)32(22(35)31-24)12-18(33)36-13-17-28-20(26)30-21(29-17)27-16-6-4-15(25)5-7-16/h4-7,14H,8-13H2,1-3H3,(H,31,35)(H3,26,27,28,29,30). The molecular formula is C24H30FN7O4. The summed E-state index contributed by atoms with van der Waals surface area (Å²) in [5.41, 5.74) is 5.41. The number of ether oxygens (including phenoxy) is 1. The predicted octanol–water partition coefficient (Wildman–Crippen LogP) is 2.91. The van der Waals surface area contributed by atoms with Crippen LogP contribution in [0, 0.1) is 17.2 Å². The summed E-state index contributed by atoms with van der Waals surface area (Å²) >= 11 is 0. The lowest BCUT2D eigenvalue weighted by Crippen LogP contribution is -2.50. The maximum absolute atomic E-state index is 13.1. The molecule has 0 radical (unpaired) electrons. The molecule has 1 aliphatic carbocycles. The lowest BCUT2D eigenvalue weighted by atomic mass is 9.67. The summed E-state index contributed by atoms with van der Waals surface area (Å²) in [5.74, 6) is -1.07. The van der Waals surface area contributed by atoms with Gasteiger partial charge in [-0.1, -0.05) is 20.8 Å². The largest absolute Gasteiger partial charge is 0.456 e. The first-order chi connectivity index (χ1) is 16.9. The van der Waals surface area contributed by atoms with Crippen molar-refractivity contribution in [3.05, 3.63) is 35.9 Å². The Balaban J connectivity index is 1.34. The van der Waals surface area contributed by atoms with E-state index in [0.29, 0.717) is 24.4 Å². The van der Waals surface area contributed by atoms with E-state index < -0.39 is 35.8 Å². The highest BCUT2D eigenvalue weighted by atomic mass is 19.1. The summed E-state index contributed by atoms with van der Waals surface area (Å²) in [4.78, 5) is 51.0. The minimum absolute atomic E-state index is 0.0645. The van der Waals surface area contributed by atoms with E-state index >= 15 is 0 Å². The Labute approximate surface area is 208 Å². The van der Waals surface area contributed by atoms with Crippen molar-refractivity contribution in [2.24, 2.45) is 11.3 Å². The van der Waals surface area contributed by atoms with Crippen LogP contribution in [0.5, 0.6) is 0 Å². The van der Waals surface area contributed by atoms with Gasteiger partial charge in [0.1, 0.15) is 17.9 Å². The van der Waals surface area contributed by atoms with Crippen LogP contribution in [0.15, 0.2) is 24.3 Å². The molecule has 3 amide bonds. The molecule has 1 aromatic heterocycles. The molecule has 4 rings (SSSR count). The summed E-state index contributed by atoms with van der Waals surface area (Å²) < 4.78 is 18.3. The number of hydrogen-bond acceptors (Lipinski definition) is 9. The number of aromatic nitrogens is 3. The molecule has 2 aliphatic rings.